The molecule has 0 radical (unpaired) electrons. The van der Waals surface area contributed by atoms with Gasteiger partial charge in [-0.05, 0) is 31.4 Å². The first-order valence-electron chi connectivity index (χ1n) is 6.64. The molecule has 1 fully saturated rings. The molecule has 4 nitrogen and oxygen atoms in total. The van der Waals surface area contributed by atoms with Crippen molar-refractivity contribution in [2.24, 2.45) is 11.7 Å². The average molecular weight is 317 g/mol. The van der Waals surface area contributed by atoms with Crippen molar-refractivity contribution in [2.45, 2.75) is 31.4 Å². The van der Waals surface area contributed by atoms with Crippen LogP contribution >= 0.6 is 23.2 Å². The Labute approximate surface area is 128 Å². The summed E-state index contributed by atoms with van der Waals surface area (Å²) in [5.41, 5.74) is 6.23. The molecule has 1 aromatic carbocycles. The van der Waals surface area contributed by atoms with E-state index in [2.05, 4.69) is 5.32 Å². The molecular formula is C14H18Cl2N2O2. The summed E-state index contributed by atoms with van der Waals surface area (Å²) in [6.45, 7) is 0.0913. The molecule has 1 aliphatic carbocycles. The molecule has 0 bridgehead atoms. The van der Waals surface area contributed by atoms with Gasteiger partial charge in [0.1, 0.15) is 0 Å². The molecule has 0 unspecified atom stereocenters. The van der Waals surface area contributed by atoms with E-state index in [1.807, 2.05) is 0 Å². The van der Waals surface area contributed by atoms with Crippen LogP contribution in [0.1, 0.15) is 30.9 Å². The predicted molar refractivity (Wildman–Crippen MR) is 79.7 cm³/mol. The van der Waals surface area contributed by atoms with Gasteiger partial charge in [-0.3, -0.25) is 4.79 Å². The molecule has 0 saturated heterocycles. The lowest BCUT2D eigenvalue weighted by Crippen LogP contribution is -2.33. The molecule has 1 saturated carbocycles. The number of halogens is 2. The van der Waals surface area contributed by atoms with Crippen LogP contribution in [0.5, 0.6) is 0 Å². The summed E-state index contributed by atoms with van der Waals surface area (Å²) < 4.78 is 0. The Hall–Kier alpha value is -0.810. The largest absolute Gasteiger partial charge is 0.386 e. The van der Waals surface area contributed by atoms with Crippen LogP contribution in [0.2, 0.25) is 10.0 Å². The van der Waals surface area contributed by atoms with Crippen molar-refractivity contribution in [3.05, 3.63) is 33.8 Å². The number of hydrogen-bond donors (Lipinski definition) is 3. The third-order valence-corrected chi connectivity index (χ3v) is 4.31. The molecule has 0 aliphatic heterocycles. The number of amides is 1. The van der Waals surface area contributed by atoms with Crippen LogP contribution < -0.4 is 11.1 Å². The molecule has 1 aromatic rings. The van der Waals surface area contributed by atoms with Crippen molar-refractivity contribution in [3.8, 4) is 0 Å². The van der Waals surface area contributed by atoms with Gasteiger partial charge in [-0.2, -0.15) is 0 Å². The maximum absolute atomic E-state index is 12.0. The highest BCUT2D eigenvalue weighted by molar-refractivity contribution is 6.36. The summed E-state index contributed by atoms with van der Waals surface area (Å²) in [5, 5.41) is 13.6. The van der Waals surface area contributed by atoms with E-state index in [0.29, 0.717) is 22.0 Å². The Morgan fingerprint density at radius 3 is 2.60 bits per heavy atom. The lowest BCUT2D eigenvalue weighted by Gasteiger charge is -2.17. The number of nitrogens with two attached hydrogens (primary N) is 1. The Morgan fingerprint density at radius 2 is 2.05 bits per heavy atom. The second-order valence-corrected chi connectivity index (χ2v) is 5.98. The zero-order valence-electron chi connectivity index (χ0n) is 11.0. The normalized spacial score (nSPS) is 23.6. The molecule has 2 rings (SSSR count). The smallest absolute Gasteiger partial charge is 0.223 e. The van der Waals surface area contributed by atoms with E-state index < -0.39 is 6.10 Å². The molecule has 4 N–H and O–H groups in total. The van der Waals surface area contributed by atoms with Crippen molar-refractivity contribution in [3.63, 3.8) is 0 Å². The number of aliphatic hydroxyl groups is 1. The topological polar surface area (TPSA) is 75.4 Å². The standard InChI is InChI=1S/C14H18Cl2N2O2/c15-10-2-1-3-11(16)13(10)12(19)7-18-14(20)8-4-5-9(17)6-8/h1-3,8-9,12,19H,4-7,17H2,(H,18,20)/t8-,9-,12-/m1/s1. The highest BCUT2D eigenvalue weighted by Gasteiger charge is 2.28. The van der Waals surface area contributed by atoms with Crippen molar-refractivity contribution < 1.29 is 9.90 Å². The van der Waals surface area contributed by atoms with E-state index in [1.54, 1.807) is 18.2 Å². The van der Waals surface area contributed by atoms with Gasteiger partial charge in [0.15, 0.2) is 0 Å². The van der Waals surface area contributed by atoms with Crippen molar-refractivity contribution >= 4 is 29.1 Å². The summed E-state index contributed by atoms with van der Waals surface area (Å²) in [6, 6.07) is 5.13. The van der Waals surface area contributed by atoms with E-state index in [9.17, 15) is 9.90 Å². The fourth-order valence-electron chi connectivity index (χ4n) is 2.53. The van der Waals surface area contributed by atoms with Gasteiger partial charge in [0, 0.05) is 34.1 Å². The zero-order valence-corrected chi connectivity index (χ0v) is 12.5. The first-order chi connectivity index (χ1) is 9.49. The third-order valence-electron chi connectivity index (χ3n) is 3.65. The number of nitrogens with one attached hydrogen (secondary N) is 1. The van der Waals surface area contributed by atoms with Crippen LogP contribution in [-0.2, 0) is 4.79 Å². The maximum atomic E-state index is 12.0. The predicted octanol–water partition coefficient (Wildman–Crippen LogP) is 2.27. The van der Waals surface area contributed by atoms with Crippen molar-refractivity contribution in [2.75, 3.05) is 6.54 Å². The zero-order chi connectivity index (χ0) is 14.7. The van der Waals surface area contributed by atoms with E-state index >= 15 is 0 Å². The molecule has 0 aromatic heterocycles. The minimum Gasteiger partial charge on any atom is -0.386 e. The first kappa shape index (κ1) is 15.6. The van der Waals surface area contributed by atoms with Crippen LogP contribution in [0.25, 0.3) is 0 Å². The first-order valence-corrected chi connectivity index (χ1v) is 7.40. The Bertz CT molecular complexity index is 476. The molecular weight excluding hydrogens is 299 g/mol. The summed E-state index contributed by atoms with van der Waals surface area (Å²) in [7, 11) is 0. The SMILES string of the molecule is N[C@@H]1CC[C@@H](C(=O)NC[C@@H](O)c2c(Cl)cccc2Cl)C1. The lowest BCUT2D eigenvalue weighted by atomic mass is 10.1. The second-order valence-electron chi connectivity index (χ2n) is 5.17. The summed E-state index contributed by atoms with van der Waals surface area (Å²) in [4.78, 5) is 12.0. The maximum Gasteiger partial charge on any atom is 0.223 e. The molecule has 0 spiro atoms. The molecule has 1 aliphatic rings. The van der Waals surface area contributed by atoms with Crippen LogP contribution in [0.15, 0.2) is 18.2 Å². The highest BCUT2D eigenvalue weighted by atomic mass is 35.5. The van der Waals surface area contributed by atoms with Gasteiger partial charge >= 0.3 is 0 Å². The van der Waals surface area contributed by atoms with Gasteiger partial charge in [0.25, 0.3) is 0 Å². The molecule has 110 valence electrons. The van der Waals surface area contributed by atoms with E-state index in [0.717, 1.165) is 12.8 Å². The monoisotopic (exact) mass is 316 g/mol. The minimum absolute atomic E-state index is 0.0566. The molecule has 6 heteroatoms. The van der Waals surface area contributed by atoms with Crippen molar-refractivity contribution in [1.82, 2.24) is 5.32 Å². The van der Waals surface area contributed by atoms with Crippen molar-refractivity contribution in [1.29, 1.82) is 0 Å². The van der Waals surface area contributed by atoms with Crippen LogP contribution in [0.4, 0.5) is 0 Å². The Kier molecular flexibility index (Phi) is 5.27. The number of benzene rings is 1. The number of carbonyl (C=O) groups excluding carboxylic acids is 1. The van der Waals surface area contributed by atoms with Crippen LogP contribution in [0, 0.1) is 5.92 Å². The Morgan fingerprint density at radius 1 is 1.40 bits per heavy atom. The summed E-state index contributed by atoms with van der Waals surface area (Å²) >= 11 is 12.0. The van der Waals surface area contributed by atoms with E-state index in [4.69, 9.17) is 28.9 Å². The van der Waals surface area contributed by atoms with Gasteiger partial charge in [0.2, 0.25) is 5.91 Å². The quantitative estimate of drug-likeness (QED) is 0.797. The fourth-order valence-corrected chi connectivity index (χ4v) is 3.18. The molecule has 0 heterocycles. The summed E-state index contributed by atoms with van der Waals surface area (Å²) in [5.74, 6) is -0.126. The van der Waals surface area contributed by atoms with Gasteiger partial charge in [-0.15, -0.1) is 0 Å². The van der Waals surface area contributed by atoms with Crippen LogP contribution in [0.3, 0.4) is 0 Å². The lowest BCUT2D eigenvalue weighted by molar-refractivity contribution is -0.125. The number of carbonyl (C=O) groups is 1. The molecule has 3 atom stereocenters. The summed E-state index contributed by atoms with van der Waals surface area (Å²) in [6.07, 6.45) is 1.46. The number of rotatable bonds is 4. The second kappa shape index (κ2) is 6.76. The Balaban J connectivity index is 1.92. The van der Waals surface area contributed by atoms with Crippen LogP contribution in [-0.4, -0.2) is 23.6 Å². The van der Waals surface area contributed by atoms with Gasteiger partial charge < -0.3 is 16.2 Å². The third kappa shape index (κ3) is 3.64. The highest BCUT2D eigenvalue weighted by Crippen LogP contribution is 2.30. The van der Waals surface area contributed by atoms with E-state index in [-0.39, 0.29) is 24.4 Å². The van der Waals surface area contributed by atoms with Gasteiger partial charge in [0.05, 0.1) is 6.10 Å². The van der Waals surface area contributed by atoms with E-state index in [1.165, 1.54) is 0 Å². The van der Waals surface area contributed by atoms with Gasteiger partial charge in [-0.1, -0.05) is 29.3 Å². The minimum atomic E-state index is -0.921. The number of hydrogen-bond acceptors (Lipinski definition) is 3. The fraction of sp³-hybridized carbons (Fsp3) is 0.500. The number of aliphatic hydroxyl groups excluding tert-OH is 1. The average Bonchev–Trinajstić information content (AvgIpc) is 2.82. The van der Waals surface area contributed by atoms with Gasteiger partial charge in [-0.25, -0.2) is 0 Å². The molecule has 1 amide bonds. The molecule has 20 heavy (non-hydrogen) atoms.